The van der Waals surface area contributed by atoms with Crippen molar-refractivity contribution in [3.8, 4) is 5.75 Å². The first-order chi connectivity index (χ1) is 6.86. The lowest BCUT2D eigenvalue weighted by molar-refractivity contribution is 0.474. The first-order valence-corrected chi connectivity index (χ1v) is 4.46. The zero-order valence-electron chi connectivity index (χ0n) is 7.64. The van der Waals surface area contributed by atoms with Gasteiger partial charge in [-0.15, -0.1) is 0 Å². The molecule has 2 N–H and O–H groups in total. The molecule has 1 aliphatic rings. The van der Waals surface area contributed by atoms with Gasteiger partial charge in [-0.25, -0.2) is 0 Å². The highest BCUT2D eigenvalue weighted by molar-refractivity contribution is 5.61. The lowest BCUT2D eigenvalue weighted by Gasteiger charge is -2.06. The summed E-state index contributed by atoms with van der Waals surface area (Å²) in [5, 5.41) is 12.6. The summed E-state index contributed by atoms with van der Waals surface area (Å²) in [6.45, 7) is 0. The van der Waals surface area contributed by atoms with Crippen LogP contribution in [0.5, 0.6) is 5.75 Å². The van der Waals surface area contributed by atoms with Crippen LogP contribution in [0.4, 0.5) is 0 Å². The fourth-order valence-corrected chi connectivity index (χ4v) is 1.27. The molecule has 2 heteroatoms. The van der Waals surface area contributed by atoms with Gasteiger partial charge >= 0.3 is 0 Å². The van der Waals surface area contributed by atoms with Gasteiger partial charge in [-0.05, 0) is 24.3 Å². The summed E-state index contributed by atoms with van der Waals surface area (Å²) in [7, 11) is 0. The van der Waals surface area contributed by atoms with Gasteiger partial charge in [0.25, 0.3) is 0 Å². The Balaban J connectivity index is 2.29. The van der Waals surface area contributed by atoms with Crippen molar-refractivity contribution in [1.82, 2.24) is 5.32 Å². The molecule has 0 bridgehead atoms. The minimum Gasteiger partial charge on any atom is -0.507 e. The Morgan fingerprint density at radius 3 is 2.71 bits per heavy atom. The van der Waals surface area contributed by atoms with E-state index in [1.807, 2.05) is 42.6 Å². The Hall–Kier alpha value is -1.96. The monoisotopic (exact) mass is 185 g/mol. The topological polar surface area (TPSA) is 32.3 Å². The second-order valence-corrected chi connectivity index (χ2v) is 3.02. The van der Waals surface area contributed by atoms with E-state index in [1.54, 1.807) is 12.1 Å². The van der Waals surface area contributed by atoms with Gasteiger partial charge in [0.2, 0.25) is 0 Å². The van der Waals surface area contributed by atoms with E-state index in [-0.39, 0.29) is 0 Å². The van der Waals surface area contributed by atoms with Gasteiger partial charge in [0, 0.05) is 17.5 Å². The molecule has 1 aliphatic heterocycles. The van der Waals surface area contributed by atoms with E-state index >= 15 is 0 Å². The molecule has 0 unspecified atom stereocenters. The van der Waals surface area contributed by atoms with Crippen molar-refractivity contribution in [1.29, 1.82) is 0 Å². The van der Waals surface area contributed by atoms with Gasteiger partial charge in [-0.2, -0.15) is 0 Å². The van der Waals surface area contributed by atoms with Gasteiger partial charge in [0.1, 0.15) is 5.75 Å². The number of rotatable bonds is 1. The van der Waals surface area contributed by atoms with Crippen molar-refractivity contribution < 1.29 is 5.11 Å². The Kier molecular flexibility index (Phi) is 2.36. The smallest absolute Gasteiger partial charge is 0.122 e. The Morgan fingerprint density at radius 2 is 2.00 bits per heavy atom. The van der Waals surface area contributed by atoms with Crippen molar-refractivity contribution >= 4 is 6.08 Å². The van der Waals surface area contributed by atoms with Gasteiger partial charge in [0.15, 0.2) is 0 Å². The second-order valence-electron chi connectivity index (χ2n) is 3.02. The Morgan fingerprint density at radius 1 is 1.14 bits per heavy atom. The SMILES string of the molecule is Oc1ccccc1C=C1C=CC=CN1. The molecule has 14 heavy (non-hydrogen) atoms. The summed E-state index contributed by atoms with van der Waals surface area (Å²) >= 11 is 0. The normalized spacial score (nSPS) is 17.0. The van der Waals surface area contributed by atoms with E-state index < -0.39 is 0 Å². The molecule has 2 rings (SSSR count). The largest absolute Gasteiger partial charge is 0.507 e. The lowest BCUT2D eigenvalue weighted by atomic mass is 10.1. The number of para-hydroxylation sites is 1. The third-order valence-electron chi connectivity index (χ3n) is 1.98. The fourth-order valence-electron chi connectivity index (χ4n) is 1.27. The van der Waals surface area contributed by atoms with Crippen molar-refractivity contribution in [3.63, 3.8) is 0 Å². The molecule has 0 atom stereocenters. The molecule has 2 nitrogen and oxygen atoms in total. The molecule has 1 aromatic rings. The van der Waals surface area contributed by atoms with E-state index in [4.69, 9.17) is 0 Å². The van der Waals surface area contributed by atoms with E-state index in [1.165, 1.54) is 0 Å². The van der Waals surface area contributed by atoms with Crippen LogP contribution in [0.3, 0.4) is 0 Å². The van der Waals surface area contributed by atoms with Crippen LogP contribution < -0.4 is 5.32 Å². The highest BCUT2D eigenvalue weighted by atomic mass is 16.3. The third kappa shape index (κ3) is 1.85. The summed E-state index contributed by atoms with van der Waals surface area (Å²) in [6.07, 6.45) is 9.57. The molecule has 0 spiro atoms. The minimum absolute atomic E-state index is 0.296. The van der Waals surface area contributed by atoms with Crippen LogP contribution >= 0.6 is 0 Å². The van der Waals surface area contributed by atoms with Gasteiger partial charge in [0.05, 0.1) is 0 Å². The standard InChI is InChI=1S/C12H11NO/c14-12-7-2-1-5-10(12)9-11-6-3-4-8-13-11/h1-9,13-14H. The number of hydrogen-bond donors (Lipinski definition) is 2. The molecular weight excluding hydrogens is 174 g/mol. The van der Waals surface area contributed by atoms with E-state index in [9.17, 15) is 5.11 Å². The summed E-state index contributed by atoms with van der Waals surface area (Å²) in [6, 6.07) is 7.25. The maximum absolute atomic E-state index is 9.53. The van der Waals surface area contributed by atoms with Gasteiger partial charge in [-0.3, -0.25) is 0 Å². The summed E-state index contributed by atoms with van der Waals surface area (Å²) in [5.74, 6) is 0.296. The van der Waals surface area contributed by atoms with Crippen LogP contribution in [0.25, 0.3) is 6.08 Å². The molecule has 1 aromatic carbocycles. The van der Waals surface area contributed by atoms with Crippen molar-refractivity contribution in [2.24, 2.45) is 0 Å². The van der Waals surface area contributed by atoms with Gasteiger partial charge in [-0.1, -0.05) is 24.3 Å². The molecule has 0 radical (unpaired) electrons. The number of dihydropyridines is 1. The average molecular weight is 185 g/mol. The zero-order chi connectivity index (χ0) is 9.80. The van der Waals surface area contributed by atoms with Crippen LogP contribution in [-0.2, 0) is 0 Å². The molecule has 0 amide bonds. The van der Waals surface area contributed by atoms with E-state index in [2.05, 4.69) is 5.32 Å². The molecule has 70 valence electrons. The number of aromatic hydroxyl groups is 1. The second kappa shape index (κ2) is 3.83. The summed E-state index contributed by atoms with van der Waals surface area (Å²) in [5.41, 5.74) is 1.78. The third-order valence-corrected chi connectivity index (χ3v) is 1.98. The first kappa shape index (κ1) is 8.63. The maximum Gasteiger partial charge on any atom is 0.122 e. The predicted molar refractivity (Wildman–Crippen MR) is 57.5 cm³/mol. The zero-order valence-corrected chi connectivity index (χ0v) is 7.64. The van der Waals surface area contributed by atoms with Crippen molar-refractivity contribution in [2.45, 2.75) is 0 Å². The molecule has 0 saturated heterocycles. The van der Waals surface area contributed by atoms with Crippen LogP contribution in [0.1, 0.15) is 5.56 Å². The molecular formula is C12H11NO. The van der Waals surface area contributed by atoms with Crippen LogP contribution in [0, 0.1) is 0 Å². The lowest BCUT2D eigenvalue weighted by Crippen LogP contribution is -2.04. The van der Waals surface area contributed by atoms with Crippen LogP contribution in [0.15, 0.2) is 54.4 Å². The summed E-state index contributed by atoms with van der Waals surface area (Å²) in [4.78, 5) is 0. The number of phenolic OH excluding ortho intramolecular Hbond substituents is 1. The Bertz CT molecular complexity index is 416. The van der Waals surface area contributed by atoms with E-state index in [0.717, 1.165) is 11.3 Å². The first-order valence-electron chi connectivity index (χ1n) is 4.46. The minimum atomic E-state index is 0.296. The number of phenols is 1. The fraction of sp³-hybridized carbons (Fsp3) is 0. The highest BCUT2D eigenvalue weighted by Gasteiger charge is 1.97. The highest BCUT2D eigenvalue weighted by Crippen LogP contribution is 2.18. The predicted octanol–water partition coefficient (Wildman–Crippen LogP) is 2.41. The summed E-state index contributed by atoms with van der Waals surface area (Å²) < 4.78 is 0. The van der Waals surface area contributed by atoms with E-state index in [0.29, 0.717) is 5.75 Å². The number of allylic oxidation sites excluding steroid dienone is 3. The molecule has 0 saturated carbocycles. The molecule has 0 aliphatic carbocycles. The Labute approximate surface area is 82.9 Å². The number of hydrogen-bond acceptors (Lipinski definition) is 2. The van der Waals surface area contributed by atoms with Gasteiger partial charge < -0.3 is 10.4 Å². The maximum atomic E-state index is 9.53. The average Bonchev–Trinajstić information content (AvgIpc) is 2.23. The number of nitrogens with one attached hydrogen (secondary N) is 1. The molecule has 1 heterocycles. The van der Waals surface area contributed by atoms with Crippen molar-refractivity contribution in [2.75, 3.05) is 0 Å². The van der Waals surface area contributed by atoms with Crippen molar-refractivity contribution in [3.05, 3.63) is 60.0 Å². The molecule has 0 aromatic heterocycles. The number of benzene rings is 1. The molecule has 0 fully saturated rings. The van der Waals surface area contributed by atoms with Crippen LogP contribution in [-0.4, -0.2) is 5.11 Å². The quantitative estimate of drug-likeness (QED) is 0.704. The van der Waals surface area contributed by atoms with Crippen LogP contribution in [0.2, 0.25) is 0 Å².